The maximum atomic E-state index is 2.41. The van der Waals surface area contributed by atoms with Gasteiger partial charge in [0.05, 0.1) is 11.4 Å². The van der Waals surface area contributed by atoms with E-state index in [1.165, 1.54) is 55.3 Å². The van der Waals surface area contributed by atoms with Gasteiger partial charge in [0.2, 0.25) is 0 Å². The molecule has 0 amide bonds. The van der Waals surface area contributed by atoms with Gasteiger partial charge in [-0.05, 0) is 68.4 Å². The van der Waals surface area contributed by atoms with Gasteiger partial charge in [0.25, 0.3) is 0 Å². The molecule has 0 aliphatic heterocycles. The average Bonchev–Trinajstić information content (AvgIpc) is 3.16. The SMILES string of the molecule is c1ccc(-c2ccccc2N(c2ccc(-c3c(-c4ccccc4)ccc4ccccc34)cc2)c2ccccc2-c2ccccc2)cc1. The van der Waals surface area contributed by atoms with Gasteiger partial charge in [-0.2, -0.15) is 0 Å². The summed E-state index contributed by atoms with van der Waals surface area (Å²) in [5.41, 5.74) is 13.0. The van der Waals surface area contributed by atoms with E-state index in [1.54, 1.807) is 0 Å². The molecule has 8 aromatic rings. The zero-order valence-electron chi connectivity index (χ0n) is 26.0. The van der Waals surface area contributed by atoms with Crippen molar-refractivity contribution in [1.82, 2.24) is 0 Å². The van der Waals surface area contributed by atoms with Gasteiger partial charge in [-0.15, -0.1) is 0 Å². The highest BCUT2D eigenvalue weighted by Gasteiger charge is 2.21. The van der Waals surface area contributed by atoms with Gasteiger partial charge in [-0.1, -0.05) is 176 Å². The normalized spacial score (nSPS) is 11.0. The molecule has 0 heterocycles. The van der Waals surface area contributed by atoms with Gasteiger partial charge in [0.15, 0.2) is 0 Å². The molecule has 0 fully saturated rings. The van der Waals surface area contributed by atoms with Crippen LogP contribution < -0.4 is 4.90 Å². The van der Waals surface area contributed by atoms with Gasteiger partial charge < -0.3 is 4.90 Å². The summed E-state index contributed by atoms with van der Waals surface area (Å²) in [6.45, 7) is 0. The highest BCUT2D eigenvalue weighted by molar-refractivity contribution is 6.04. The average molecular weight is 600 g/mol. The Labute approximate surface area is 276 Å². The molecule has 0 N–H and O–H groups in total. The molecule has 1 heteroatoms. The third-order valence-corrected chi connectivity index (χ3v) is 8.89. The van der Waals surface area contributed by atoms with Crippen LogP contribution in [0.25, 0.3) is 55.3 Å². The number of fused-ring (bicyclic) bond motifs is 1. The van der Waals surface area contributed by atoms with Gasteiger partial charge in [-0.3, -0.25) is 0 Å². The van der Waals surface area contributed by atoms with Crippen molar-refractivity contribution in [2.75, 3.05) is 4.90 Å². The van der Waals surface area contributed by atoms with Crippen LogP contribution in [0, 0.1) is 0 Å². The molecule has 0 aromatic heterocycles. The Morgan fingerprint density at radius 1 is 0.277 bits per heavy atom. The van der Waals surface area contributed by atoms with E-state index in [1.807, 2.05) is 0 Å². The van der Waals surface area contributed by atoms with E-state index in [2.05, 4.69) is 205 Å². The lowest BCUT2D eigenvalue weighted by molar-refractivity contribution is 1.28. The summed E-state index contributed by atoms with van der Waals surface area (Å²) in [6, 6.07) is 71.8. The fourth-order valence-corrected chi connectivity index (χ4v) is 6.69. The molecule has 0 radical (unpaired) electrons. The van der Waals surface area contributed by atoms with E-state index in [9.17, 15) is 0 Å². The second kappa shape index (κ2) is 12.7. The molecule has 0 aliphatic rings. The predicted octanol–water partition coefficient (Wildman–Crippen LogP) is 13.0. The van der Waals surface area contributed by atoms with Crippen molar-refractivity contribution >= 4 is 27.8 Å². The fraction of sp³-hybridized carbons (Fsp3) is 0. The highest BCUT2D eigenvalue weighted by Crippen LogP contribution is 2.45. The highest BCUT2D eigenvalue weighted by atomic mass is 15.1. The van der Waals surface area contributed by atoms with Crippen LogP contribution in [0.15, 0.2) is 200 Å². The van der Waals surface area contributed by atoms with Crippen molar-refractivity contribution < 1.29 is 0 Å². The molecule has 0 saturated carbocycles. The molecule has 0 bridgehead atoms. The molecule has 222 valence electrons. The molecule has 0 aliphatic carbocycles. The largest absolute Gasteiger partial charge is 0.309 e. The van der Waals surface area contributed by atoms with Crippen molar-refractivity contribution in [3.8, 4) is 44.5 Å². The van der Waals surface area contributed by atoms with Crippen LogP contribution in [0.2, 0.25) is 0 Å². The lowest BCUT2D eigenvalue weighted by atomic mass is 9.89. The van der Waals surface area contributed by atoms with Crippen molar-refractivity contribution in [3.63, 3.8) is 0 Å². The number of rotatable bonds is 7. The van der Waals surface area contributed by atoms with E-state index >= 15 is 0 Å². The van der Waals surface area contributed by atoms with Gasteiger partial charge in [-0.25, -0.2) is 0 Å². The van der Waals surface area contributed by atoms with E-state index < -0.39 is 0 Å². The zero-order valence-corrected chi connectivity index (χ0v) is 26.0. The van der Waals surface area contributed by atoms with E-state index in [4.69, 9.17) is 0 Å². The smallest absolute Gasteiger partial charge is 0.0540 e. The van der Waals surface area contributed by atoms with Crippen LogP contribution >= 0.6 is 0 Å². The van der Waals surface area contributed by atoms with E-state index in [0.717, 1.165) is 17.1 Å². The molecule has 0 unspecified atom stereocenters. The number of hydrogen-bond donors (Lipinski definition) is 0. The first-order chi connectivity index (χ1) is 23.3. The summed E-state index contributed by atoms with van der Waals surface area (Å²) in [4.78, 5) is 2.41. The van der Waals surface area contributed by atoms with Crippen LogP contribution in [-0.2, 0) is 0 Å². The topological polar surface area (TPSA) is 3.24 Å². The Morgan fingerprint density at radius 3 is 1.28 bits per heavy atom. The van der Waals surface area contributed by atoms with Crippen molar-refractivity contribution in [2.24, 2.45) is 0 Å². The second-order valence-electron chi connectivity index (χ2n) is 11.7. The van der Waals surface area contributed by atoms with Crippen LogP contribution in [-0.4, -0.2) is 0 Å². The minimum absolute atomic E-state index is 1.10. The Bertz CT molecular complexity index is 2190. The summed E-state index contributed by atoms with van der Waals surface area (Å²) in [5.74, 6) is 0. The second-order valence-corrected chi connectivity index (χ2v) is 11.7. The van der Waals surface area contributed by atoms with Crippen LogP contribution in [0.5, 0.6) is 0 Å². The predicted molar refractivity (Wildman–Crippen MR) is 200 cm³/mol. The van der Waals surface area contributed by atoms with E-state index in [0.29, 0.717) is 0 Å². The van der Waals surface area contributed by atoms with E-state index in [-0.39, 0.29) is 0 Å². The lowest BCUT2D eigenvalue weighted by Gasteiger charge is -2.30. The maximum absolute atomic E-state index is 2.41. The maximum Gasteiger partial charge on any atom is 0.0540 e. The molecular formula is C46H33N. The monoisotopic (exact) mass is 599 g/mol. The molecule has 0 atom stereocenters. The van der Waals surface area contributed by atoms with Gasteiger partial charge in [0, 0.05) is 16.8 Å². The summed E-state index contributed by atoms with van der Waals surface area (Å²) in [5, 5.41) is 2.49. The first-order valence-corrected chi connectivity index (χ1v) is 16.1. The number of para-hydroxylation sites is 2. The number of nitrogens with zero attached hydrogens (tertiary/aromatic N) is 1. The zero-order chi connectivity index (χ0) is 31.4. The summed E-state index contributed by atoms with van der Waals surface area (Å²) < 4.78 is 0. The number of benzene rings is 8. The Balaban J connectivity index is 1.33. The van der Waals surface area contributed by atoms with Crippen molar-refractivity contribution in [1.29, 1.82) is 0 Å². The van der Waals surface area contributed by atoms with Crippen molar-refractivity contribution in [3.05, 3.63) is 200 Å². The third kappa shape index (κ3) is 5.49. The lowest BCUT2D eigenvalue weighted by Crippen LogP contribution is -2.12. The Hall–Kier alpha value is -6.18. The summed E-state index contributed by atoms with van der Waals surface area (Å²) >= 11 is 0. The first kappa shape index (κ1) is 28.3. The van der Waals surface area contributed by atoms with Crippen LogP contribution in [0.1, 0.15) is 0 Å². The summed E-state index contributed by atoms with van der Waals surface area (Å²) in [6.07, 6.45) is 0. The molecule has 0 spiro atoms. The molecular weight excluding hydrogens is 567 g/mol. The number of anilines is 3. The Morgan fingerprint density at radius 2 is 0.723 bits per heavy atom. The molecule has 8 aromatic carbocycles. The summed E-state index contributed by atoms with van der Waals surface area (Å²) in [7, 11) is 0. The third-order valence-electron chi connectivity index (χ3n) is 8.89. The molecule has 0 saturated heterocycles. The molecule has 47 heavy (non-hydrogen) atoms. The fourth-order valence-electron chi connectivity index (χ4n) is 6.69. The first-order valence-electron chi connectivity index (χ1n) is 16.1. The number of hydrogen-bond acceptors (Lipinski definition) is 1. The Kier molecular flexibility index (Phi) is 7.63. The minimum Gasteiger partial charge on any atom is -0.309 e. The van der Waals surface area contributed by atoms with Crippen LogP contribution in [0.3, 0.4) is 0 Å². The van der Waals surface area contributed by atoms with Crippen LogP contribution in [0.4, 0.5) is 17.1 Å². The van der Waals surface area contributed by atoms with Crippen molar-refractivity contribution in [2.45, 2.75) is 0 Å². The minimum atomic E-state index is 1.10. The standard InChI is InChI=1S/C46H33N/c1-4-16-34(17-5-1)40-23-12-14-26-44(40)47(45-27-15-13-24-41(45)35-18-6-2-7-19-35)39-31-28-38(29-32-39)46-42-25-11-10-22-37(42)30-33-43(46)36-20-8-3-9-21-36/h1-33H. The molecule has 1 nitrogen and oxygen atoms in total. The molecule has 8 rings (SSSR count). The van der Waals surface area contributed by atoms with Gasteiger partial charge >= 0.3 is 0 Å². The van der Waals surface area contributed by atoms with Gasteiger partial charge in [0.1, 0.15) is 0 Å². The quantitative estimate of drug-likeness (QED) is 0.176.